The number of benzene rings is 1. The number of methoxy groups -OCH3 is 1. The normalized spacial score (nSPS) is 19.9. The zero-order chi connectivity index (χ0) is 22.5. The van der Waals surface area contributed by atoms with Crippen molar-refractivity contribution in [2.45, 2.75) is 25.9 Å². The molecular formula is C23H22N2O6. The van der Waals surface area contributed by atoms with Crippen LogP contribution in [0.4, 0.5) is 0 Å². The zero-order valence-electron chi connectivity index (χ0n) is 17.3. The van der Waals surface area contributed by atoms with Gasteiger partial charge in [-0.3, -0.25) is 14.5 Å². The second kappa shape index (κ2) is 9.41. The highest BCUT2D eigenvalue weighted by Crippen LogP contribution is 2.31. The lowest BCUT2D eigenvalue weighted by atomic mass is 9.93. The van der Waals surface area contributed by atoms with Gasteiger partial charge in [0.2, 0.25) is 0 Å². The summed E-state index contributed by atoms with van der Waals surface area (Å²) in [5, 5.41) is 18.4. The van der Waals surface area contributed by atoms with E-state index in [1.807, 2.05) is 12.1 Å². The molecule has 2 heterocycles. The first-order chi connectivity index (χ1) is 14.9. The molecular weight excluding hydrogens is 400 g/mol. The van der Waals surface area contributed by atoms with E-state index in [1.165, 1.54) is 7.11 Å². The number of amides is 2. The minimum atomic E-state index is -0.646. The maximum Gasteiger partial charge on any atom is 0.337 e. The Labute approximate surface area is 179 Å². The van der Waals surface area contributed by atoms with Crippen molar-refractivity contribution < 1.29 is 29.0 Å². The van der Waals surface area contributed by atoms with E-state index in [1.54, 1.807) is 37.3 Å². The molecule has 0 radical (unpaired) electrons. The van der Waals surface area contributed by atoms with Gasteiger partial charge in [-0.15, -0.1) is 0 Å². The van der Waals surface area contributed by atoms with Crippen LogP contribution in [0.3, 0.4) is 0 Å². The van der Waals surface area contributed by atoms with Crippen molar-refractivity contribution in [3.05, 3.63) is 64.3 Å². The van der Waals surface area contributed by atoms with Crippen LogP contribution in [0.1, 0.15) is 35.7 Å². The number of imide groups is 1. The molecule has 1 atom stereocenters. The van der Waals surface area contributed by atoms with Crippen LogP contribution in [0.25, 0.3) is 5.76 Å². The Bertz CT molecular complexity index is 1040. The van der Waals surface area contributed by atoms with E-state index in [4.69, 9.17) is 9.84 Å². The lowest BCUT2D eigenvalue weighted by Gasteiger charge is -2.27. The molecule has 1 unspecified atom stereocenters. The van der Waals surface area contributed by atoms with Gasteiger partial charge in [0.1, 0.15) is 23.5 Å². The summed E-state index contributed by atoms with van der Waals surface area (Å²) in [6.07, 6.45) is 3.79. The first-order valence-corrected chi connectivity index (χ1v) is 9.77. The Morgan fingerprint density at radius 3 is 2.65 bits per heavy atom. The van der Waals surface area contributed by atoms with E-state index in [0.29, 0.717) is 23.3 Å². The van der Waals surface area contributed by atoms with E-state index >= 15 is 0 Å². The van der Waals surface area contributed by atoms with Gasteiger partial charge in [0, 0.05) is 30.7 Å². The lowest BCUT2D eigenvalue weighted by Crippen LogP contribution is -2.43. The minimum absolute atomic E-state index is 0.0333. The number of carbonyl (C=O) groups is 3. The number of rotatable bonds is 6. The molecule has 160 valence electrons. The standard InChI is InChI=1S/C23H22N2O6/c1-14-18(21(27)25(10-3-11-26)22(28)19(14)13-24)12-17-8-9-20(31-17)15-4-6-16(7-5-15)23(29)30-2/h4-7,9,12,17,26H,3,8,10-11H2,1-2H3/b18-12-. The molecule has 8 nitrogen and oxygen atoms in total. The quantitative estimate of drug-likeness (QED) is 0.424. The smallest absolute Gasteiger partial charge is 0.337 e. The van der Waals surface area contributed by atoms with Gasteiger partial charge in [0.05, 0.1) is 12.7 Å². The minimum Gasteiger partial charge on any atom is -0.486 e. The summed E-state index contributed by atoms with van der Waals surface area (Å²) in [6.45, 7) is 1.43. The van der Waals surface area contributed by atoms with Gasteiger partial charge in [0.15, 0.2) is 0 Å². The number of nitrogens with zero attached hydrogens (tertiary/aromatic N) is 2. The first-order valence-electron chi connectivity index (χ1n) is 9.77. The van der Waals surface area contributed by atoms with Crippen LogP contribution in [0.2, 0.25) is 0 Å². The summed E-state index contributed by atoms with van der Waals surface area (Å²) >= 11 is 0. The highest BCUT2D eigenvalue weighted by Gasteiger charge is 2.36. The number of aliphatic hydroxyl groups is 1. The molecule has 0 bridgehead atoms. The predicted octanol–water partition coefficient (Wildman–Crippen LogP) is 2.12. The number of hydrogen-bond acceptors (Lipinski definition) is 7. The van der Waals surface area contributed by atoms with E-state index in [2.05, 4.69) is 4.74 Å². The molecule has 1 N–H and O–H groups in total. The van der Waals surface area contributed by atoms with Gasteiger partial charge in [-0.25, -0.2) is 4.79 Å². The average molecular weight is 422 g/mol. The third kappa shape index (κ3) is 4.42. The largest absolute Gasteiger partial charge is 0.486 e. The molecule has 2 amide bonds. The van der Waals surface area contributed by atoms with Crippen LogP contribution in [-0.4, -0.2) is 54.2 Å². The maximum absolute atomic E-state index is 12.9. The fraction of sp³-hybridized carbons (Fsp3) is 0.304. The van der Waals surface area contributed by atoms with Crippen LogP contribution < -0.4 is 0 Å². The van der Waals surface area contributed by atoms with Crippen LogP contribution in [-0.2, 0) is 19.1 Å². The summed E-state index contributed by atoms with van der Waals surface area (Å²) in [5.41, 5.74) is 1.67. The monoisotopic (exact) mass is 422 g/mol. The fourth-order valence-corrected chi connectivity index (χ4v) is 3.43. The number of aliphatic hydroxyl groups excluding tert-OH is 1. The Morgan fingerprint density at radius 1 is 1.32 bits per heavy atom. The Hall–Kier alpha value is -3.70. The molecule has 2 aliphatic rings. The SMILES string of the molecule is COC(=O)c1ccc(C2=CCC(/C=C3\C(=O)N(CCCO)C(=O)C(C#N)=C3C)O2)cc1. The maximum atomic E-state index is 12.9. The third-order valence-corrected chi connectivity index (χ3v) is 5.12. The van der Waals surface area contributed by atoms with Crippen molar-refractivity contribution in [2.24, 2.45) is 0 Å². The van der Waals surface area contributed by atoms with Gasteiger partial charge in [-0.1, -0.05) is 12.1 Å². The van der Waals surface area contributed by atoms with E-state index in [-0.39, 0.29) is 30.7 Å². The summed E-state index contributed by atoms with van der Waals surface area (Å²) < 4.78 is 10.6. The van der Waals surface area contributed by atoms with Gasteiger partial charge in [-0.2, -0.15) is 5.26 Å². The molecule has 0 fully saturated rings. The van der Waals surface area contributed by atoms with Gasteiger partial charge in [-0.05, 0) is 43.2 Å². The number of esters is 1. The molecule has 31 heavy (non-hydrogen) atoms. The molecule has 0 saturated heterocycles. The third-order valence-electron chi connectivity index (χ3n) is 5.12. The van der Waals surface area contributed by atoms with Crippen LogP contribution in [0.5, 0.6) is 0 Å². The summed E-state index contributed by atoms with van der Waals surface area (Å²) in [4.78, 5) is 37.9. The zero-order valence-corrected chi connectivity index (χ0v) is 17.3. The molecule has 0 aliphatic carbocycles. The Kier molecular flexibility index (Phi) is 6.68. The van der Waals surface area contributed by atoms with Gasteiger partial charge >= 0.3 is 5.97 Å². The van der Waals surface area contributed by atoms with Gasteiger partial charge in [0.25, 0.3) is 11.8 Å². The number of ether oxygens (including phenoxy) is 2. The summed E-state index contributed by atoms with van der Waals surface area (Å²) in [6, 6.07) is 8.64. The summed E-state index contributed by atoms with van der Waals surface area (Å²) in [5.74, 6) is -0.971. The number of nitriles is 1. The van der Waals surface area contributed by atoms with Crippen molar-refractivity contribution >= 4 is 23.5 Å². The Morgan fingerprint density at radius 2 is 2.03 bits per heavy atom. The van der Waals surface area contributed by atoms with Crippen molar-refractivity contribution in [3.8, 4) is 6.07 Å². The average Bonchev–Trinajstić information content (AvgIpc) is 3.25. The van der Waals surface area contributed by atoms with Crippen molar-refractivity contribution in [2.75, 3.05) is 20.3 Å². The summed E-state index contributed by atoms with van der Waals surface area (Å²) in [7, 11) is 1.32. The number of hydrogen-bond donors (Lipinski definition) is 1. The molecule has 3 rings (SSSR count). The molecule has 2 aliphatic heterocycles. The topological polar surface area (TPSA) is 117 Å². The fourth-order valence-electron chi connectivity index (χ4n) is 3.43. The molecule has 0 spiro atoms. The van der Waals surface area contributed by atoms with Crippen molar-refractivity contribution in [1.29, 1.82) is 5.26 Å². The number of carbonyl (C=O) groups excluding carboxylic acids is 3. The van der Waals surface area contributed by atoms with Crippen LogP contribution in [0.15, 0.2) is 53.1 Å². The predicted molar refractivity (Wildman–Crippen MR) is 110 cm³/mol. The second-order valence-electron chi connectivity index (χ2n) is 7.06. The van der Waals surface area contributed by atoms with Crippen molar-refractivity contribution in [1.82, 2.24) is 4.90 Å². The highest BCUT2D eigenvalue weighted by atomic mass is 16.5. The molecule has 0 aromatic heterocycles. The van der Waals surface area contributed by atoms with E-state index in [0.717, 1.165) is 10.5 Å². The molecule has 1 aromatic carbocycles. The first kappa shape index (κ1) is 22.0. The van der Waals surface area contributed by atoms with Gasteiger partial charge < -0.3 is 14.6 Å². The molecule has 1 aromatic rings. The van der Waals surface area contributed by atoms with E-state index < -0.39 is 23.9 Å². The lowest BCUT2D eigenvalue weighted by molar-refractivity contribution is -0.140. The van der Waals surface area contributed by atoms with Crippen LogP contribution >= 0.6 is 0 Å². The Balaban J connectivity index is 1.81. The molecule has 0 saturated carbocycles. The highest BCUT2D eigenvalue weighted by molar-refractivity contribution is 6.18. The second-order valence-corrected chi connectivity index (χ2v) is 7.06. The van der Waals surface area contributed by atoms with Crippen LogP contribution in [0, 0.1) is 11.3 Å². The molecule has 8 heteroatoms. The van der Waals surface area contributed by atoms with Crippen molar-refractivity contribution in [3.63, 3.8) is 0 Å². The van der Waals surface area contributed by atoms with E-state index in [9.17, 15) is 19.6 Å².